The van der Waals surface area contributed by atoms with Gasteiger partial charge < -0.3 is 11.1 Å². The topological polar surface area (TPSA) is 103 Å². The zero-order valence-electron chi connectivity index (χ0n) is 15.4. The first kappa shape index (κ1) is 18.9. The van der Waals surface area contributed by atoms with Crippen LogP contribution >= 0.6 is 11.8 Å². The van der Waals surface area contributed by atoms with Gasteiger partial charge in [-0.25, -0.2) is 9.67 Å². The van der Waals surface area contributed by atoms with Crippen LogP contribution in [0.3, 0.4) is 0 Å². The van der Waals surface area contributed by atoms with E-state index in [1.807, 2.05) is 36.7 Å². The first-order valence-electron chi connectivity index (χ1n) is 8.53. The molecule has 2 amide bonds. The van der Waals surface area contributed by atoms with Crippen molar-refractivity contribution in [1.82, 2.24) is 14.8 Å². The molecule has 1 aromatic carbocycles. The highest BCUT2D eigenvalue weighted by Gasteiger charge is 2.16. The first-order valence-corrected chi connectivity index (χ1v) is 9.51. The van der Waals surface area contributed by atoms with Crippen LogP contribution < -0.4 is 11.1 Å². The zero-order chi connectivity index (χ0) is 19.6. The second-order valence-corrected chi connectivity index (χ2v) is 7.44. The van der Waals surface area contributed by atoms with Gasteiger partial charge in [-0.2, -0.15) is 5.10 Å². The predicted molar refractivity (Wildman–Crippen MR) is 107 cm³/mol. The molecule has 0 fully saturated rings. The molecule has 0 aliphatic carbocycles. The Hall–Kier alpha value is -2.87. The lowest BCUT2D eigenvalue weighted by atomic mass is 10.1. The van der Waals surface area contributed by atoms with E-state index in [1.165, 1.54) is 11.8 Å². The molecule has 2 aromatic heterocycles. The van der Waals surface area contributed by atoms with Gasteiger partial charge in [0.25, 0.3) is 5.91 Å². The molecule has 0 aliphatic rings. The molecule has 0 saturated heterocycles. The summed E-state index contributed by atoms with van der Waals surface area (Å²) in [7, 11) is 0. The van der Waals surface area contributed by atoms with Gasteiger partial charge in [0.2, 0.25) is 5.91 Å². The minimum atomic E-state index is -0.409. The summed E-state index contributed by atoms with van der Waals surface area (Å²) in [5.74, 6) is -0.520. The lowest BCUT2D eigenvalue weighted by molar-refractivity contribution is -0.115. The summed E-state index contributed by atoms with van der Waals surface area (Å²) in [6.07, 6.45) is 1.72. The fourth-order valence-corrected chi connectivity index (χ4v) is 3.45. The van der Waals surface area contributed by atoms with E-state index in [0.717, 1.165) is 15.9 Å². The molecule has 3 N–H and O–H groups in total. The Morgan fingerprint density at radius 3 is 2.74 bits per heavy atom. The number of amides is 2. The summed E-state index contributed by atoms with van der Waals surface area (Å²) in [6.45, 7) is 5.87. The van der Waals surface area contributed by atoms with Crippen molar-refractivity contribution in [2.75, 3.05) is 11.1 Å². The summed E-state index contributed by atoms with van der Waals surface area (Å²) in [5, 5.41) is 8.07. The highest BCUT2D eigenvalue weighted by molar-refractivity contribution is 8.00. The van der Waals surface area contributed by atoms with Crippen LogP contribution in [0.2, 0.25) is 0 Å². The smallest absolute Gasteiger partial charge is 0.257 e. The fourth-order valence-electron chi connectivity index (χ4n) is 2.71. The van der Waals surface area contributed by atoms with Gasteiger partial charge in [0.15, 0.2) is 5.65 Å². The molecule has 0 aliphatic heterocycles. The second kappa shape index (κ2) is 7.79. The van der Waals surface area contributed by atoms with Crippen LogP contribution in [0.25, 0.3) is 11.0 Å². The number of aryl methyl sites for hydroxylation is 1. The van der Waals surface area contributed by atoms with E-state index in [4.69, 9.17) is 5.73 Å². The Morgan fingerprint density at radius 2 is 2.04 bits per heavy atom. The van der Waals surface area contributed by atoms with E-state index >= 15 is 0 Å². The van der Waals surface area contributed by atoms with Crippen LogP contribution in [0.15, 0.2) is 41.4 Å². The average molecular weight is 383 g/mol. The minimum Gasteiger partial charge on any atom is -0.369 e. The number of fused-ring (bicyclic) bond motifs is 1. The summed E-state index contributed by atoms with van der Waals surface area (Å²) in [5.41, 5.74) is 7.72. The maximum atomic E-state index is 12.8. The van der Waals surface area contributed by atoms with E-state index in [1.54, 1.807) is 25.3 Å². The zero-order valence-corrected chi connectivity index (χ0v) is 16.2. The molecule has 27 heavy (non-hydrogen) atoms. The van der Waals surface area contributed by atoms with Crippen LogP contribution in [-0.2, 0) is 4.79 Å². The number of para-hydroxylation sites is 1. The van der Waals surface area contributed by atoms with E-state index < -0.39 is 5.91 Å². The Balaban J connectivity index is 1.89. The monoisotopic (exact) mass is 383 g/mol. The molecule has 0 radical (unpaired) electrons. The lowest BCUT2D eigenvalue weighted by Crippen LogP contribution is -2.16. The van der Waals surface area contributed by atoms with Crippen molar-refractivity contribution in [3.05, 3.63) is 47.8 Å². The van der Waals surface area contributed by atoms with Crippen LogP contribution in [-0.4, -0.2) is 32.3 Å². The fraction of sp³-hybridized carbons (Fsp3) is 0.263. The number of aromatic nitrogens is 3. The molecule has 3 aromatic rings. The molecule has 0 atom stereocenters. The number of pyridine rings is 1. The molecule has 0 unspecified atom stereocenters. The largest absolute Gasteiger partial charge is 0.369 e. The number of hydrogen-bond donors (Lipinski definition) is 2. The number of rotatable bonds is 6. The van der Waals surface area contributed by atoms with Crippen molar-refractivity contribution in [2.45, 2.75) is 31.7 Å². The normalized spacial score (nSPS) is 11.1. The molecular formula is C19H21N5O2S. The van der Waals surface area contributed by atoms with Gasteiger partial charge in [-0.15, -0.1) is 11.8 Å². The number of carbonyl (C=O) groups is 2. The van der Waals surface area contributed by atoms with Gasteiger partial charge in [-0.05, 0) is 39.0 Å². The molecule has 3 rings (SSSR count). The molecule has 8 heteroatoms. The summed E-state index contributed by atoms with van der Waals surface area (Å²) >= 11 is 1.29. The second-order valence-electron chi connectivity index (χ2n) is 6.42. The minimum absolute atomic E-state index is 0.147. The molecule has 0 spiro atoms. The third-order valence-electron chi connectivity index (χ3n) is 4.00. The predicted octanol–water partition coefficient (Wildman–Crippen LogP) is 3.15. The number of hydrogen-bond acceptors (Lipinski definition) is 5. The van der Waals surface area contributed by atoms with Gasteiger partial charge in [0.1, 0.15) is 0 Å². The Labute approximate surface area is 161 Å². The van der Waals surface area contributed by atoms with E-state index in [2.05, 4.69) is 15.4 Å². The summed E-state index contributed by atoms with van der Waals surface area (Å²) in [4.78, 5) is 29.2. The first-order chi connectivity index (χ1) is 12.9. The lowest BCUT2D eigenvalue weighted by Gasteiger charge is -2.12. The number of carbonyl (C=O) groups excluding carboxylic acids is 2. The Kier molecular flexibility index (Phi) is 5.46. The van der Waals surface area contributed by atoms with Gasteiger partial charge in [-0.3, -0.25) is 9.59 Å². The number of nitrogens with two attached hydrogens (primary N) is 1. The average Bonchev–Trinajstić information content (AvgIpc) is 3.03. The van der Waals surface area contributed by atoms with Crippen LogP contribution in [0.4, 0.5) is 5.69 Å². The Bertz CT molecular complexity index is 1010. The third-order valence-corrected chi connectivity index (χ3v) is 5.09. The number of benzene rings is 1. The summed E-state index contributed by atoms with van der Waals surface area (Å²) in [6, 6.07) is 9.29. The standard InChI is InChI=1S/C19H21N5O2S/c1-11(2)24-18-13(9-21-24)8-14(12(3)22-18)19(26)23-15-6-4-5-7-16(15)27-10-17(20)25/h4-9,11H,10H2,1-3H3,(H2,20,25)(H,23,26). The molecule has 140 valence electrons. The number of primary amides is 1. The van der Waals surface area contributed by atoms with Gasteiger partial charge >= 0.3 is 0 Å². The quantitative estimate of drug-likeness (QED) is 0.637. The maximum absolute atomic E-state index is 12.8. The number of nitrogens with one attached hydrogen (secondary N) is 1. The summed E-state index contributed by atoms with van der Waals surface area (Å²) < 4.78 is 1.83. The maximum Gasteiger partial charge on any atom is 0.257 e. The number of thioether (sulfide) groups is 1. The van der Waals surface area contributed by atoms with E-state index in [9.17, 15) is 9.59 Å². The molecule has 0 saturated carbocycles. The highest BCUT2D eigenvalue weighted by atomic mass is 32.2. The molecule has 0 bridgehead atoms. The van der Waals surface area contributed by atoms with Crippen LogP contribution in [0, 0.1) is 6.92 Å². The molecular weight excluding hydrogens is 362 g/mol. The van der Waals surface area contributed by atoms with Gasteiger partial charge in [0.05, 0.1) is 28.9 Å². The van der Waals surface area contributed by atoms with Crippen molar-refractivity contribution in [1.29, 1.82) is 0 Å². The van der Waals surface area contributed by atoms with Crippen molar-refractivity contribution >= 4 is 40.3 Å². The van der Waals surface area contributed by atoms with Crippen molar-refractivity contribution < 1.29 is 9.59 Å². The third kappa shape index (κ3) is 4.11. The van der Waals surface area contributed by atoms with Gasteiger partial charge in [-0.1, -0.05) is 12.1 Å². The molecule has 7 nitrogen and oxygen atoms in total. The van der Waals surface area contributed by atoms with Crippen LogP contribution in [0.5, 0.6) is 0 Å². The SMILES string of the molecule is Cc1nc2c(cnn2C(C)C)cc1C(=O)Nc1ccccc1SCC(N)=O. The Morgan fingerprint density at radius 1 is 1.30 bits per heavy atom. The molecule has 2 heterocycles. The van der Waals surface area contributed by atoms with Crippen LogP contribution in [0.1, 0.15) is 35.9 Å². The number of nitrogens with zero attached hydrogens (tertiary/aromatic N) is 3. The van der Waals surface area contributed by atoms with E-state index in [-0.39, 0.29) is 17.7 Å². The van der Waals surface area contributed by atoms with Crippen molar-refractivity contribution in [3.63, 3.8) is 0 Å². The highest BCUT2D eigenvalue weighted by Crippen LogP contribution is 2.28. The van der Waals surface area contributed by atoms with Gasteiger partial charge in [0, 0.05) is 16.3 Å². The number of anilines is 1. The van der Waals surface area contributed by atoms with Crippen molar-refractivity contribution in [2.24, 2.45) is 5.73 Å². The van der Waals surface area contributed by atoms with Crippen molar-refractivity contribution in [3.8, 4) is 0 Å². The van der Waals surface area contributed by atoms with E-state index in [0.29, 0.717) is 16.9 Å².